The fraction of sp³-hybridized carbons (Fsp3) is 0.231. The number of nitrogens with zero attached hydrogens (tertiary/aromatic N) is 3. The molecule has 3 rings (SSSR count). The standard InChI is InChI=1S/C13H14BrN5/c14-10-2-3-11-12(8-10)18-13(17-11)16-4-1-6-19-7-5-15-9-19/h2-3,5,7-9H,1,4,6H2,(H2,16,17,18). The first kappa shape index (κ1) is 12.2. The Morgan fingerprint density at radius 1 is 1.37 bits per heavy atom. The summed E-state index contributed by atoms with van der Waals surface area (Å²) in [6.07, 6.45) is 6.62. The summed E-state index contributed by atoms with van der Waals surface area (Å²) in [5.74, 6) is 0.818. The van der Waals surface area contributed by atoms with E-state index >= 15 is 0 Å². The first-order chi connectivity index (χ1) is 9.31. The van der Waals surface area contributed by atoms with Gasteiger partial charge in [0.05, 0.1) is 17.4 Å². The monoisotopic (exact) mass is 319 g/mol. The summed E-state index contributed by atoms with van der Waals surface area (Å²) in [5.41, 5.74) is 2.01. The van der Waals surface area contributed by atoms with Gasteiger partial charge in [0.15, 0.2) is 0 Å². The third kappa shape index (κ3) is 2.96. The number of halogens is 1. The summed E-state index contributed by atoms with van der Waals surface area (Å²) >= 11 is 3.45. The molecular formula is C13H14BrN5. The lowest BCUT2D eigenvalue weighted by Gasteiger charge is -2.03. The molecule has 0 fully saturated rings. The van der Waals surface area contributed by atoms with Crippen molar-refractivity contribution >= 4 is 32.9 Å². The van der Waals surface area contributed by atoms with Crippen molar-refractivity contribution in [3.05, 3.63) is 41.4 Å². The second-order valence-corrected chi connectivity index (χ2v) is 5.24. The molecule has 2 aromatic heterocycles. The Balaban J connectivity index is 1.56. The van der Waals surface area contributed by atoms with Gasteiger partial charge in [0.2, 0.25) is 5.95 Å². The van der Waals surface area contributed by atoms with Crippen LogP contribution in [0.15, 0.2) is 41.4 Å². The van der Waals surface area contributed by atoms with Crippen molar-refractivity contribution in [1.82, 2.24) is 19.5 Å². The Labute approximate surface area is 119 Å². The maximum absolute atomic E-state index is 4.48. The zero-order valence-electron chi connectivity index (χ0n) is 10.3. The molecule has 0 amide bonds. The van der Waals surface area contributed by atoms with Gasteiger partial charge < -0.3 is 14.9 Å². The topological polar surface area (TPSA) is 58.5 Å². The summed E-state index contributed by atoms with van der Waals surface area (Å²) in [4.78, 5) is 11.8. The maximum Gasteiger partial charge on any atom is 0.201 e. The van der Waals surface area contributed by atoms with Gasteiger partial charge in [-0.05, 0) is 24.6 Å². The molecule has 0 aliphatic rings. The summed E-state index contributed by atoms with van der Waals surface area (Å²) in [6, 6.07) is 6.01. The van der Waals surface area contributed by atoms with E-state index in [0.29, 0.717) is 0 Å². The molecule has 0 radical (unpaired) electrons. The molecule has 0 unspecified atom stereocenters. The van der Waals surface area contributed by atoms with E-state index in [2.05, 4.69) is 40.8 Å². The molecule has 0 saturated carbocycles. The number of aromatic amines is 1. The number of H-pyrrole nitrogens is 1. The molecule has 0 aliphatic heterocycles. The second kappa shape index (κ2) is 5.44. The van der Waals surface area contributed by atoms with Crippen LogP contribution in [0.5, 0.6) is 0 Å². The number of hydrogen-bond acceptors (Lipinski definition) is 3. The van der Waals surface area contributed by atoms with Gasteiger partial charge in [-0.15, -0.1) is 0 Å². The zero-order chi connectivity index (χ0) is 13.1. The molecule has 0 aliphatic carbocycles. The van der Waals surface area contributed by atoms with Crippen LogP contribution in [0.4, 0.5) is 5.95 Å². The Morgan fingerprint density at radius 2 is 2.32 bits per heavy atom. The average molecular weight is 320 g/mol. The van der Waals surface area contributed by atoms with E-state index in [1.807, 2.05) is 30.7 Å². The first-order valence-electron chi connectivity index (χ1n) is 6.16. The van der Waals surface area contributed by atoms with Gasteiger partial charge in [0.1, 0.15) is 0 Å². The number of rotatable bonds is 5. The van der Waals surface area contributed by atoms with Crippen LogP contribution in [0.2, 0.25) is 0 Å². The van der Waals surface area contributed by atoms with E-state index in [1.165, 1.54) is 0 Å². The summed E-state index contributed by atoms with van der Waals surface area (Å²) in [6.45, 7) is 1.83. The number of aromatic nitrogens is 4. The van der Waals surface area contributed by atoms with E-state index in [0.717, 1.165) is 41.0 Å². The van der Waals surface area contributed by atoms with Crippen LogP contribution >= 0.6 is 15.9 Å². The van der Waals surface area contributed by atoms with E-state index in [4.69, 9.17) is 0 Å². The van der Waals surface area contributed by atoms with Crippen molar-refractivity contribution in [2.24, 2.45) is 0 Å². The lowest BCUT2D eigenvalue weighted by atomic mass is 10.3. The minimum Gasteiger partial charge on any atom is -0.356 e. The van der Waals surface area contributed by atoms with Crippen LogP contribution < -0.4 is 5.32 Å². The Kier molecular flexibility index (Phi) is 3.50. The molecule has 2 N–H and O–H groups in total. The Hall–Kier alpha value is -1.82. The van der Waals surface area contributed by atoms with Crippen molar-refractivity contribution in [2.45, 2.75) is 13.0 Å². The highest BCUT2D eigenvalue weighted by Crippen LogP contribution is 2.19. The fourth-order valence-electron chi connectivity index (χ4n) is 1.95. The summed E-state index contributed by atoms with van der Waals surface area (Å²) in [5, 5.41) is 3.30. The molecule has 3 aromatic rings. The predicted octanol–water partition coefficient (Wildman–Crippen LogP) is 3.02. The normalized spacial score (nSPS) is 11.0. The van der Waals surface area contributed by atoms with Gasteiger partial charge in [-0.3, -0.25) is 0 Å². The number of anilines is 1. The zero-order valence-corrected chi connectivity index (χ0v) is 11.9. The van der Waals surface area contributed by atoms with Crippen molar-refractivity contribution in [3.63, 3.8) is 0 Å². The van der Waals surface area contributed by atoms with Gasteiger partial charge in [-0.2, -0.15) is 0 Å². The molecule has 5 nitrogen and oxygen atoms in total. The average Bonchev–Trinajstić information content (AvgIpc) is 3.02. The predicted molar refractivity (Wildman–Crippen MR) is 79.1 cm³/mol. The Bertz CT molecular complexity index is 659. The van der Waals surface area contributed by atoms with Gasteiger partial charge in [-0.1, -0.05) is 15.9 Å². The number of fused-ring (bicyclic) bond motifs is 1. The highest BCUT2D eigenvalue weighted by molar-refractivity contribution is 9.10. The van der Waals surface area contributed by atoms with Crippen LogP contribution in [0.3, 0.4) is 0 Å². The molecule has 6 heteroatoms. The number of benzene rings is 1. The number of aryl methyl sites for hydroxylation is 1. The van der Waals surface area contributed by atoms with E-state index < -0.39 is 0 Å². The summed E-state index contributed by atoms with van der Waals surface area (Å²) < 4.78 is 3.12. The van der Waals surface area contributed by atoms with Crippen molar-refractivity contribution in [1.29, 1.82) is 0 Å². The van der Waals surface area contributed by atoms with E-state index in [9.17, 15) is 0 Å². The molecule has 0 atom stereocenters. The first-order valence-corrected chi connectivity index (χ1v) is 6.95. The van der Waals surface area contributed by atoms with Crippen LogP contribution in [0.25, 0.3) is 11.0 Å². The minimum absolute atomic E-state index is 0.818. The SMILES string of the molecule is Brc1ccc2nc(NCCCn3ccnc3)[nH]c2c1. The molecule has 0 saturated heterocycles. The van der Waals surface area contributed by atoms with Gasteiger partial charge in [0.25, 0.3) is 0 Å². The van der Waals surface area contributed by atoms with Crippen LogP contribution in [-0.4, -0.2) is 26.1 Å². The fourth-order valence-corrected chi connectivity index (χ4v) is 2.31. The third-order valence-corrected chi connectivity index (χ3v) is 3.38. The van der Waals surface area contributed by atoms with Crippen LogP contribution in [0, 0.1) is 0 Å². The van der Waals surface area contributed by atoms with E-state index in [1.54, 1.807) is 6.20 Å². The van der Waals surface area contributed by atoms with Gasteiger partial charge in [0, 0.05) is 30.0 Å². The van der Waals surface area contributed by atoms with Gasteiger partial charge in [-0.25, -0.2) is 9.97 Å². The number of hydrogen-bond donors (Lipinski definition) is 2. The highest BCUT2D eigenvalue weighted by atomic mass is 79.9. The van der Waals surface area contributed by atoms with Crippen molar-refractivity contribution in [3.8, 4) is 0 Å². The quantitative estimate of drug-likeness (QED) is 0.711. The largest absolute Gasteiger partial charge is 0.356 e. The molecule has 0 spiro atoms. The second-order valence-electron chi connectivity index (χ2n) is 4.33. The smallest absolute Gasteiger partial charge is 0.201 e. The number of imidazole rings is 2. The lowest BCUT2D eigenvalue weighted by Crippen LogP contribution is -2.06. The van der Waals surface area contributed by atoms with Crippen molar-refractivity contribution in [2.75, 3.05) is 11.9 Å². The lowest BCUT2D eigenvalue weighted by molar-refractivity contribution is 0.659. The third-order valence-electron chi connectivity index (χ3n) is 2.89. The molecule has 1 aromatic carbocycles. The molecule has 19 heavy (non-hydrogen) atoms. The van der Waals surface area contributed by atoms with Gasteiger partial charge >= 0.3 is 0 Å². The molecule has 2 heterocycles. The molecule has 0 bridgehead atoms. The van der Waals surface area contributed by atoms with Crippen LogP contribution in [-0.2, 0) is 6.54 Å². The number of nitrogens with one attached hydrogen (secondary N) is 2. The maximum atomic E-state index is 4.48. The summed E-state index contributed by atoms with van der Waals surface area (Å²) in [7, 11) is 0. The van der Waals surface area contributed by atoms with E-state index in [-0.39, 0.29) is 0 Å². The van der Waals surface area contributed by atoms with Crippen molar-refractivity contribution < 1.29 is 0 Å². The van der Waals surface area contributed by atoms with Crippen LogP contribution in [0.1, 0.15) is 6.42 Å². The Morgan fingerprint density at radius 3 is 3.16 bits per heavy atom. The molecule has 98 valence electrons. The minimum atomic E-state index is 0.818. The molecular weight excluding hydrogens is 306 g/mol. The highest BCUT2D eigenvalue weighted by Gasteiger charge is 2.02.